The van der Waals surface area contributed by atoms with E-state index in [2.05, 4.69) is 25.4 Å². The highest BCUT2D eigenvalue weighted by Crippen LogP contribution is 2.47. The number of hydrogen-bond donors (Lipinski definition) is 4. The molecule has 0 spiro atoms. The molecule has 2 aromatic rings. The summed E-state index contributed by atoms with van der Waals surface area (Å²) in [6.45, 7) is 14.8. The van der Waals surface area contributed by atoms with E-state index in [-0.39, 0.29) is 62.7 Å². The highest BCUT2D eigenvalue weighted by Gasteiger charge is 2.56. The van der Waals surface area contributed by atoms with Gasteiger partial charge < -0.3 is 45.2 Å². The van der Waals surface area contributed by atoms with Gasteiger partial charge in [-0.05, 0) is 132 Å². The maximum absolute atomic E-state index is 16.9. The first-order chi connectivity index (χ1) is 31.3. The van der Waals surface area contributed by atoms with Crippen LogP contribution in [0.1, 0.15) is 113 Å². The van der Waals surface area contributed by atoms with Gasteiger partial charge >= 0.3 is 5.97 Å². The molecule has 3 fully saturated rings. The molecular weight excluding hydrogens is 1000 g/mol. The van der Waals surface area contributed by atoms with Gasteiger partial charge in [0.1, 0.15) is 22.5 Å². The molecule has 3 aliphatic rings. The Morgan fingerprint density at radius 1 is 1.15 bits per heavy atom. The molecule has 0 aromatic carbocycles. The van der Waals surface area contributed by atoms with E-state index in [0.29, 0.717) is 40.8 Å². The second-order valence-corrected chi connectivity index (χ2v) is 21.5. The van der Waals surface area contributed by atoms with Crippen molar-refractivity contribution in [2.24, 2.45) is 45.0 Å². The molecule has 20 heteroatoms. The lowest BCUT2D eigenvalue weighted by Gasteiger charge is -2.48. The number of amides is 2. The van der Waals surface area contributed by atoms with Crippen LogP contribution < -0.4 is 11.1 Å². The standard InChI is InChI=1S/C47H69FIN7O10S/c1-12-35(57)54-36-24(2)20-45(7)18-17-30(55-63-22-31-14-13-29(21-51-31)41-53-34(23-67-41)52-40(60)28(6)50)15-16-32(26(36)4)47(9,62)43(49)66-44(61)46(8,48)38(59)27(5)39(45)65-42-37(58)33(56(10)11)19-25(3)64-42/h13-14,21,23-28,32-33,37,39,42-43,58,62H,12,15-20,22,50H2,1-11H3,(H,52,60)/b54-36+,55-30+/t24-,25-,26-,27?,28+,32-,33+,37-,39-,42+,43+,45-,46+,47+/m1/s1. The number of ether oxygens (including phenoxy) is 3. The number of aromatic nitrogens is 2. The Morgan fingerprint density at radius 2 is 1.85 bits per heavy atom. The Morgan fingerprint density at radius 3 is 2.48 bits per heavy atom. The van der Waals surface area contributed by atoms with E-state index in [0.717, 1.165) is 12.5 Å². The summed E-state index contributed by atoms with van der Waals surface area (Å²) in [5, 5.41) is 33.9. The number of carbonyl (C=O) groups excluding carboxylic acids is 4. The van der Waals surface area contributed by atoms with E-state index in [1.54, 1.807) is 54.1 Å². The molecular formula is C47H69FIN7O10S. The largest absolute Gasteiger partial charge is 0.446 e. The number of aliphatic hydroxyl groups is 2. The molecule has 2 amide bonds. The van der Waals surface area contributed by atoms with Gasteiger partial charge in [-0.2, -0.15) is 0 Å². The number of Topliss-reactive ketones (excluding diaryl/α,β-unsaturated/α-hetero) is 1. The number of anilines is 1. The number of esters is 1. The molecule has 2 bridgehead atoms. The van der Waals surface area contributed by atoms with Crippen LogP contribution in [-0.4, -0.2) is 126 Å². The van der Waals surface area contributed by atoms with E-state index in [1.165, 1.54) is 25.2 Å². The van der Waals surface area contributed by atoms with Crippen LogP contribution in [-0.2, 0) is 44.8 Å². The Balaban J connectivity index is 1.59. The zero-order chi connectivity index (χ0) is 49.8. The fourth-order valence-corrected chi connectivity index (χ4v) is 11.1. The molecule has 1 aliphatic carbocycles. The van der Waals surface area contributed by atoms with Crippen molar-refractivity contribution >= 4 is 74.7 Å². The van der Waals surface area contributed by atoms with E-state index in [9.17, 15) is 29.4 Å². The van der Waals surface area contributed by atoms with Crippen LogP contribution in [0.15, 0.2) is 33.9 Å². The SMILES string of the molecule is CCC(=O)/N=C1\[C@H](C)C[C@@]2(C)CC/C(=N/OCc3ccc(-c4nc(NC(=O)[C@H](C)N)cs4)cn3)CC[C@H]([C@H]1C)[C@](C)(O)[C@@H](I)OC(=O)[C@@](C)(F)C(=O)C(C)[C@H]2O[C@@H]1O[C@H](C)C[C@H](N(C)C)[C@H]1O. The summed E-state index contributed by atoms with van der Waals surface area (Å²) >= 11 is 3.10. The van der Waals surface area contributed by atoms with Crippen molar-refractivity contribution in [3.05, 3.63) is 29.4 Å². The van der Waals surface area contributed by atoms with Gasteiger partial charge in [0.2, 0.25) is 11.8 Å². The number of oxime groups is 1. The number of nitrogens with two attached hydrogens (primary N) is 1. The number of hydrogen-bond acceptors (Lipinski definition) is 16. The lowest BCUT2D eigenvalue weighted by molar-refractivity contribution is -0.287. The Labute approximate surface area is 410 Å². The summed E-state index contributed by atoms with van der Waals surface area (Å²) in [6, 6.07) is 2.57. The van der Waals surface area contributed by atoms with Gasteiger partial charge in [-0.3, -0.25) is 19.4 Å². The first-order valence-corrected chi connectivity index (χ1v) is 25.2. The molecule has 2 saturated heterocycles. The third-order valence-corrected chi connectivity index (χ3v) is 16.1. The number of aliphatic hydroxyl groups excluding tert-OH is 1. The number of pyridine rings is 1. The van der Waals surface area contributed by atoms with Crippen LogP contribution in [0.2, 0.25) is 0 Å². The van der Waals surface area contributed by atoms with Crippen LogP contribution in [0.25, 0.3) is 10.6 Å². The molecule has 2 aliphatic heterocycles. The van der Waals surface area contributed by atoms with Crippen molar-refractivity contribution in [3.8, 4) is 10.6 Å². The third kappa shape index (κ3) is 12.9. The summed E-state index contributed by atoms with van der Waals surface area (Å²) < 4.78 is 34.4. The number of ketones is 1. The molecule has 14 atom stereocenters. The topological polar surface area (TPSA) is 237 Å². The van der Waals surface area contributed by atoms with Crippen LogP contribution in [0.4, 0.5) is 10.2 Å². The Bertz CT molecular complexity index is 2140. The van der Waals surface area contributed by atoms with Gasteiger partial charge in [-0.15, -0.1) is 11.3 Å². The molecule has 67 heavy (non-hydrogen) atoms. The highest BCUT2D eigenvalue weighted by molar-refractivity contribution is 14.1. The number of aliphatic imine (C=N–C) groups is 1. The fraction of sp³-hybridized carbons (Fsp3) is 0.702. The van der Waals surface area contributed by atoms with Crippen LogP contribution in [0.3, 0.4) is 0 Å². The van der Waals surface area contributed by atoms with E-state index < -0.39 is 80.8 Å². The van der Waals surface area contributed by atoms with Crippen molar-refractivity contribution in [1.29, 1.82) is 0 Å². The molecule has 1 saturated carbocycles. The number of nitrogens with zero attached hydrogens (tertiary/aromatic N) is 5. The van der Waals surface area contributed by atoms with Crippen LogP contribution >= 0.6 is 33.9 Å². The van der Waals surface area contributed by atoms with Gasteiger partial charge in [0, 0.05) is 47.2 Å². The summed E-state index contributed by atoms with van der Waals surface area (Å²) in [5.41, 5.74) is 2.05. The van der Waals surface area contributed by atoms with Crippen LogP contribution in [0.5, 0.6) is 0 Å². The van der Waals surface area contributed by atoms with Gasteiger partial charge in [0.25, 0.3) is 5.67 Å². The smallest absolute Gasteiger partial charge is 0.352 e. The quantitative estimate of drug-likeness (QED) is 0.0662. The first kappa shape index (κ1) is 54.6. The summed E-state index contributed by atoms with van der Waals surface area (Å²) in [7, 11) is 3.68. The number of carbonyl (C=O) groups is 4. The van der Waals surface area contributed by atoms with Crippen molar-refractivity contribution < 1.29 is 52.8 Å². The molecule has 5 N–H and O–H groups in total. The molecule has 4 heterocycles. The van der Waals surface area contributed by atoms with Crippen molar-refractivity contribution in [2.75, 3.05) is 19.4 Å². The zero-order valence-electron chi connectivity index (χ0n) is 40.5. The van der Waals surface area contributed by atoms with Gasteiger partial charge in [0.15, 0.2) is 22.8 Å². The summed E-state index contributed by atoms with van der Waals surface area (Å²) in [5.74, 6) is -5.95. The number of rotatable bonds is 10. The molecule has 0 radical (unpaired) electrons. The number of likely N-dealkylation sites (N-methyl/N-ethyl adjacent to an activating group) is 1. The minimum Gasteiger partial charge on any atom is -0.446 e. The maximum atomic E-state index is 16.9. The minimum atomic E-state index is -3.15. The number of nitrogens with one attached hydrogen (secondary N) is 1. The van der Waals surface area contributed by atoms with Gasteiger partial charge in [-0.25, -0.2) is 19.2 Å². The molecule has 372 valence electrons. The van der Waals surface area contributed by atoms with Crippen molar-refractivity contribution in [1.82, 2.24) is 14.9 Å². The van der Waals surface area contributed by atoms with Crippen molar-refractivity contribution in [3.63, 3.8) is 0 Å². The number of alkyl halides is 2. The molecule has 17 nitrogen and oxygen atoms in total. The lowest BCUT2D eigenvalue weighted by Crippen LogP contribution is -2.58. The second kappa shape index (κ2) is 22.6. The minimum absolute atomic E-state index is 0.000603. The lowest BCUT2D eigenvalue weighted by atomic mass is 9.66. The van der Waals surface area contributed by atoms with E-state index >= 15 is 4.39 Å². The molecule has 2 aromatic heterocycles. The predicted molar refractivity (Wildman–Crippen MR) is 261 cm³/mol. The maximum Gasteiger partial charge on any atom is 0.352 e. The molecule has 1 unspecified atom stereocenters. The zero-order valence-corrected chi connectivity index (χ0v) is 43.4. The van der Waals surface area contributed by atoms with E-state index in [1.807, 2.05) is 52.8 Å². The average Bonchev–Trinajstić information content (AvgIpc) is 3.73. The van der Waals surface area contributed by atoms with E-state index in [4.69, 9.17) is 24.8 Å². The van der Waals surface area contributed by atoms with Crippen molar-refractivity contribution in [2.45, 2.75) is 166 Å². The van der Waals surface area contributed by atoms with Crippen LogP contribution in [0, 0.1) is 29.1 Å². The highest BCUT2D eigenvalue weighted by atomic mass is 127. The molecule has 5 rings (SSSR count). The number of halogens is 2. The summed E-state index contributed by atoms with van der Waals surface area (Å²) in [4.78, 5) is 75.3. The Hall–Kier alpha value is -3.38. The normalized spacial score (nSPS) is 36.4. The monoisotopic (exact) mass is 1070 g/mol. The number of thiazole rings is 1. The number of cyclic esters (lactones) is 1. The first-order valence-electron chi connectivity index (χ1n) is 23.0. The van der Waals surface area contributed by atoms with Gasteiger partial charge in [-0.1, -0.05) is 39.8 Å². The van der Waals surface area contributed by atoms with Gasteiger partial charge in [0.05, 0.1) is 29.7 Å². The Kier molecular flexibility index (Phi) is 18.4. The number of fused-ring (bicyclic) bond motifs is 5. The fourth-order valence-electron chi connectivity index (χ4n) is 9.64. The second-order valence-electron chi connectivity index (χ2n) is 19.5. The summed E-state index contributed by atoms with van der Waals surface area (Å²) in [6.07, 6.45) is -0.242. The third-order valence-electron chi connectivity index (χ3n) is 13.7. The predicted octanol–water partition coefficient (Wildman–Crippen LogP) is 6.41. The average molecular weight is 1070 g/mol.